The fraction of sp³-hybridized carbons (Fsp3) is 0.160. The van der Waals surface area contributed by atoms with Crippen LogP contribution in [-0.2, 0) is 5.60 Å². The van der Waals surface area contributed by atoms with Crippen LogP contribution >= 0.6 is 11.6 Å². The van der Waals surface area contributed by atoms with Crippen molar-refractivity contribution < 1.29 is 9.84 Å². The van der Waals surface area contributed by atoms with E-state index in [4.69, 9.17) is 16.3 Å². The van der Waals surface area contributed by atoms with Crippen molar-refractivity contribution in [1.82, 2.24) is 4.98 Å². The molecule has 0 aliphatic heterocycles. The normalized spacial score (nSPS) is 11.6. The van der Waals surface area contributed by atoms with Crippen molar-refractivity contribution in [1.29, 1.82) is 0 Å². The first-order chi connectivity index (χ1) is 13.8. The van der Waals surface area contributed by atoms with Crippen molar-refractivity contribution in [3.8, 4) is 22.6 Å². The number of fused-ring (bicyclic) bond motifs is 1. The lowest BCUT2D eigenvalue weighted by molar-refractivity contribution is 0.0784. The fourth-order valence-electron chi connectivity index (χ4n) is 3.46. The lowest BCUT2D eigenvalue weighted by atomic mass is 9.97. The Labute approximate surface area is 175 Å². The Bertz CT molecular complexity index is 1200. The van der Waals surface area contributed by atoms with Crippen molar-refractivity contribution in [2.45, 2.75) is 26.4 Å². The zero-order chi connectivity index (χ0) is 20.6. The van der Waals surface area contributed by atoms with E-state index in [0.29, 0.717) is 10.8 Å². The molecule has 1 N–H and O–H groups in total. The molecule has 4 aromatic rings. The van der Waals surface area contributed by atoms with E-state index in [0.717, 1.165) is 38.9 Å². The molecule has 0 saturated heterocycles. The summed E-state index contributed by atoms with van der Waals surface area (Å²) in [5.41, 5.74) is 3.87. The van der Waals surface area contributed by atoms with E-state index in [1.807, 2.05) is 73.8 Å². The summed E-state index contributed by atoms with van der Waals surface area (Å²) in [4.78, 5) is 4.50. The number of aromatic nitrogens is 1. The molecule has 3 aromatic carbocycles. The molecule has 0 aliphatic carbocycles. The van der Waals surface area contributed by atoms with E-state index >= 15 is 0 Å². The summed E-state index contributed by atoms with van der Waals surface area (Å²) in [6, 6.07) is 21.3. The van der Waals surface area contributed by atoms with Gasteiger partial charge in [-0.3, -0.25) is 4.98 Å². The van der Waals surface area contributed by atoms with Crippen LogP contribution in [0.2, 0.25) is 5.02 Å². The Morgan fingerprint density at radius 1 is 0.931 bits per heavy atom. The van der Waals surface area contributed by atoms with E-state index in [2.05, 4.69) is 11.1 Å². The molecule has 146 valence electrons. The molecule has 0 spiro atoms. The summed E-state index contributed by atoms with van der Waals surface area (Å²) in [5, 5.41) is 11.9. The highest BCUT2D eigenvalue weighted by Gasteiger charge is 2.16. The first-order valence-electron chi connectivity index (χ1n) is 9.48. The molecular formula is C25H22ClNO2. The summed E-state index contributed by atoms with van der Waals surface area (Å²) in [7, 11) is 0. The fourth-order valence-corrected chi connectivity index (χ4v) is 3.68. The number of rotatable bonds is 4. The summed E-state index contributed by atoms with van der Waals surface area (Å²) in [6.07, 6.45) is 1.85. The van der Waals surface area contributed by atoms with Crippen LogP contribution in [0.15, 0.2) is 72.9 Å². The molecule has 0 radical (unpaired) electrons. The molecule has 3 nitrogen and oxygen atoms in total. The Balaban J connectivity index is 1.75. The molecular weight excluding hydrogens is 382 g/mol. The first-order valence-corrected chi connectivity index (χ1v) is 9.86. The van der Waals surface area contributed by atoms with Crippen LogP contribution in [0.1, 0.15) is 25.0 Å². The smallest absolute Gasteiger partial charge is 0.128 e. The van der Waals surface area contributed by atoms with Gasteiger partial charge in [-0.05, 0) is 73.4 Å². The van der Waals surface area contributed by atoms with E-state index < -0.39 is 5.60 Å². The summed E-state index contributed by atoms with van der Waals surface area (Å²) >= 11 is 6.35. The lowest BCUT2D eigenvalue weighted by Gasteiger charge is -2.18. The number of hydrogen-bond donors (Lipinski definition) is 1. The van der Waals surface area contributed by atoms with Crippen LogP contribution in [0.3, 0.4) is 0 Å². The highest BCUT2D eigenvalue weighted by Crippen LogP contribution is 2.36. The topological polar surface area (TPSA) is 42.4 Å². The molecule has 4 heteroatoms. The van der Waals surface area contributed by atoms with Gasteiger partial charge in [0.25, 0.3) is 0 Å². The molecule has 1 aromatic heterocycles. The van der Waals surface area contributed by atoms with E-state index in [-0.39, 0.29) is 0 Å². The molecule has 0 atom stereocenters. The molecule has 0 unspecified atom stereocenters. The van der Waals surface area contributed by atoms with Gasteiger partial charge in [-0.15, -0.1) is 0 Å². The number of hydrogen-bond acceptors (Lipinski definition) is 3. The molecule has 0 fully saturated rings. The van der Waals surface area contributed by atoms with Gasteiger partial charge in [0.15, 0.2) is 0 Å². The summed E-state index contributed by atoms with van der Waals surface area (Å²) < 4.78 is 6.10. The maximum Gasteiger partial charge on any atom is 0.128 e. The minimum absolute atomic E-state index is 0.639. The minimum Gasteiger partial charge on any atom is -0.457 e. The van der Waals surface area contributed by atoms with Gasteiger partial charge >= 0.3 is 0 Å². The van der Waals surface area contributed by atoms with Crippen LogP contribution in [0, 0.1) is 6.92 Å². The van der Waals surface area contributed by atoms with Gasteiger partial charge in [-0.25, -0.2) is 0 Å². The third-order valence-corrected chi connectivity index (χ3v) is 5.24. The largest absolute Gasteiger partial charge is 0.457 e. The predicted molar refractivity (Wildman–Crippen MR) is 119 cm³/mol. The summed E-state index contributed by atoms with van der Waals surface area (Å²) in [5.74, 6) is 1.41. The van der Waals surface area contributed by atoms with Crippen molar-refractivity contribution in [3.63, 3.8) is 0 Å². The maximum atomic E-state index is 10.3. The second-order valence-electron chi connectivity index (χ2n) is 7.67. The lowest BCUT2D eigenvalue weighted by Crippen LogP contribution is -2.15. The van der Waals surface area contributed by atoms with Crippen molar-refractivity contribution in [2.24, 2.45) is 0 Å². The first kappa shape index (κ1) is 19.4. The summed E-state index contributed by atoms with van der Waals surface area (Å²) in [6.45, 7) is 5.56. The molecule has 1 heterocycles. The standard InChI is InChI=1S/C25H22ClNO2/c1-16-15-27-24-21(11-6-12-22(24)26)23(16)17-7-4-9-19(13-17)29-20-10-5-8-18(14-20)25(2,3)28/h4-15,28H,1-3H3. The monoisotopic (exact) mass is 403 g/mol. The molecule has 0 bridgehead atoms. The average Bonchev–Trinajstić information content (AvgIpc) is 2.68. The third-order valence-electron chi connectivity index (χ3n) is 4.94. The van der Waals surface area contributed by atoms with Crippen LogP contribution in [0.4, 0.5) is 0 Å². The number of benzene rings is 3. The van der Waals surface area contributed by atoms with Crippen LogP contribution < -0.4 is 4.74 Å². The zero-order valence-electron chi connectivity index (χ0n) is 16.6. The predicted octanol–water partition coefficient (Wildman–Crippen LogP) is 6.88. The number of pyridine rings is 1. The Morgan fingerprint density at radius 2 is 1.62 bits per heavy atom. The molecule has 29 heavy (non-hydrogen) atoms. The Morgan fingerprint density at radius 3 is 2.38 bits per heavy atom. The van der Waals surface area contributed by atoms with Gasteiger partial charge in [-0.2, -0.15) is 0 Å². The number of nitrogens with zero attached hydrogens (tertiary/aromatic N) is 1. The van der Waals surface area contributed by atoms with Gasteiger partial charge in [-0.1, -0.05) is 48.0 Å². The van der Waals surface area contributed by atoms with Crippen LogP contribution in [0.5, 0.6) is 11.5 Å². The highest BCUT2D eigenvalue weighted by molar-refractivity contribution is 6.35. The molecule has 0 amide bonds. The van der Waals surface area contributed by atoms with Gasteiger partial charge < -0.3 is 9.84 Å². The van der Waals surface area contributed by atoms with E-state index in [1.54, 1.807) is 13.8 Å². The average molecular weight is 404 g/mol. The third kappa shape index (κ3) is 3.98. The zero-order valence-corrected chi connectivity index (χ0v) is 17.4. The highest BCUT2D eigenvalue weighted by atomic mass is 35.5. The SMILES string of the molecule is Cc1cnc2c(Cl)cccc2c1-c1cccc(Oc2cccc(C(C)(C)O)c2)c1. The van der Waals surface area contributed by atoms with Crippen LogP contribution in [-0.4, -0.2) is 10.1 Å². The van der Waals surface area contributed by atoms with Gasteiger partial charge in [0.05, 0.1) is 16.1 Å². The van der Waals surface area contributed by atoms with Crippen molar-refractivity contribution >= 4 is 22.5 Å². The minimum atomic E-state index is -0.923. The van der Waals surface area contributed by atoms with Gasteiger partial charge in [0, 0.05) is 11.6 Å². The second kappa shape index (κ2) is 7.51. The van der Waals surface area contributed by atoms with Gasteiger partial charge in [0.2, 0.25) is 0 Å². The van der Waals surface area contributed by atoms with Gasteiger partial charge in [0.1, 0.15) is 11.5 Å². The number of ether oxygens (including phenoxy) is 1. The number of para-hydroxylation sites is 1. The van der Waals surface area contributed by atoms with Crippen molar-refractivity contribution in [2.75, 3.05) is 0 Å². The maximum absolute atomic E-state index is 10.3. The van der Waals surface area contributed by atoms with E-state index in [1.165, 1.54) is 0 Å². The number of halogens is 1. The molecule has 4 rings (SSSR count). The Hall–Kier alpha value is -2.88. The second-order valence-corrected chi connectivity index (χ2v) is 8.08. The Kier molecular flexibility index (Phi) is 5.03. The van der Waals surface area contributed by atoms with Crippen LogP contribution in [0.25, 0.3) is 22.0 Å². The number of aliphatic hydroxyl groups is 1. The van der Waals surface area contributed by atoms with Crippen molar-refractivity contribution in [3.05, 3.63) is 89.1 Å². The number of aryl methyl sites for hydroxylation is 1. The molecule has 0 saturated carbocycles. The van der Waals surface area contributed by atoms with E-state index in [9.17, 15) is 5.11 Å². The molecule has 0 aliphatic rings. The quantitative estimate of drug-likeness (QED) is 0.403.